The molecule has 7 heteroatoms. The number of hydrogen-bond acceptors (Lipinski definition) is 4. The fourth-order valence-corrected chi connectivity index (χ4v) is 3.75. The van der Waals surface area contributed by atoms with Crippen LogP contribution in [0, 0.1) is 17.7 Å². The molecule has 0 saturated carbocycles. The van der Waals surface area contributed by atoms with Crippen molar-refractivity contribution in [3.05, 3.63) is 66.0 Å². The first-order valence-corrected chi connectivity index (χ1v) is 11.9. The number of aromatic amines is 1. The standard InChI is InChI=1S/C25H29FN4OS/c1-5-21(24(31)18-7-6-8-20(13-18)32-4)25(27-15-16(2)3)28-23-14-22(29-30-23)17-9-11-19(26)12-10-17/h6-14,16,21H,5,15H2,1-4H3,(H2,27,28,29,30). The molecular weight excluding hydrogens is 423 g/mol. The predicted molar refractivity (Wildman–Crippen MR) is 131 cm³/mol. The zero-order valence-corrected chi connectivity index (χ0v) is 19.7. The summed E-state index contributed by atoms with van der Waals surface area (Å²) in [7, 11) is 0. The van der Waals surface area contributed by atoms with E-state index in [1.807, 2.05) is 43.5 Å². The van der Waals surface area contributed by atoms with Gasteiger partial charge in [-0.25, -0.2) is 4.39 Å². The number of Topliss-reactive ketones (excluding diaryl/α,β-unsaturated/α-hetero) is 1. The second kappa shape index (κ2) is 11.1. The normalized spacial score (nSPS) is 12.8. The largest absolute Gasteiger partial charge is 0.327 e. The molecule has 1 aromatic heterocycles. The van der Waals surface area contributed by atoms with Gasteiger partial charge in [-0.3, -0.25) is 14.9 Å². The molecule has 0 amide bonds. The third-order valence-electron chi connectivity index (χ3n) is 5.03. The molecule has 1 atom stereocenters. The Morgan fingerprint density at radius 1 is 1.19 bits per heavy atom. The summed E-state index contributed by atoms with van der Waals surface area (Å²) in [5.41, 5.74) is 2.25. The van der Waals surface area contributed by atoms with Crippen molar-refractivity contribution in [2.75, 3.05) is 18.1 Å². The van der Waals surface area contributed by atoms with E-state index in [2.05, 4.69) is 29.4 Å². The van der Waals surface area contributed by atoms with E-state index in [-0.39, 0.29) is 11.6 Å². The lowest BCUT2D eigenvalue weighted by Gasteiger charge is -2.18. The highest BCUT2D eigenvalue weighted by atomic mass is 32.2. The van der Waals surface area contributed by atoms with Gasteiger partial charge in [-0.15, -0.1) is 11.8 Å². The lowest BCUT2D eigenvalue weighted by molar-refractivity contribution is 0.0952. The molecule has 0 aliphatic rings. The minimum Gasteiger partial charge on any atom is -0.327 e. The number of ketones is 1. The average Bonchev–Trinajstić information content (AvgIpc) is 3.26. The summed E-state index contributed by atoms with van der Waals surface area (Å²) >= 11 is 1.61. The van der Waals surface area contributed by atoms with Crippen molar-refractivity contribution in [2.45, 2.75) is 32.1 Å². The summed E-state index contributed by atoms with van der Waals surface area (Å²) in [5, 5.41) is 10.6. The molecule has 168 valence electrons. The molecule has 2 aromatic carbocycles. The van der Waals surface area contributed by atoms with Crippen LogP contribution >= 0.6 is 11.8 Å². The van der Waals surface area contributed by atoms with Crippen LogP contribution in [0.5, 0.6) is 0 Å². The number of amidine groups is 1. The molecule has 0 bridgehead atoms. The first kappa shape index (κ1) is 23.7. The molecule has 5 nitrogen and oxygen atoms in total. The zero-order chi connectivity index (χ0) is 23.1. The topological polar surface area (TPSA) is 70.1 Å². The van der Waals surface area contributed by atoms with E-state index in [9.17, 15) is 9.18 Å². The number of rotatable bonds is 9. The number of hydrogen-bond donors (Lipinski definition) is 2. The van der Waals surface area contributed by atoms with E-state index >= 15 is 0 Å². The molecule has 0 aliphatic carbocycles. The maximum atomic E-state index is 13.4. The van der Waals surface area contributed by atoms with Crippen molar-refractivity contribution in [1.29, 1.82) is 0 Å². The van der Waals surface area contributed by atoms with Crippen LogP contribution in [0.3, 0.4) is 0 Å². The van der Waals surface area contributed by atoms with Gasteiger partial charge in [0.1, 0.15) is 11.7 Å². The van der Waals surface area contributed by atoms with E-state index in [0.29, 0.717) is 36.1 Å². The maximum absolute atomic E-state index is 13.4. The predicted octanol–water partition coefficient (Wildman–Crippen LogP) is 6.31. The van der Waals surface area contributed by atoms with Gasteiger partial charge in [0.25, 0.3) is 0 Å². The van der Waals surface area contributed by atoms with E-state index in [1.165, 1.54) is 12.1 Å². The van der Waals surface area contributed by atoms with E-state index in [0.717, 1.165) is 16.2 Å². The average molecular weight is 453 g/mol. The van der Waals surface area contributed by atoms with Crippen molar-refractivity contribution in [2.24, 2.45) is 16.8 Å². The molecule has 3 rings (SSSR count). The van der Waals surface area contributed by atoms with Crippen molar-refractivity contribution in [1.82, 2.24) is 10.2 Å². The number of halogens is 1. The van der Waals surface area contributed by atoms with Crippen molar-refractivity contribution in [3.63, 3.8) is 0 Å². The van der Waals surface area contributed by atoms with Crippen LogP contribution in [0.25, 0.3) is 11.3 Å². The smallest absolute Gasteiger partial charge is 0.173 e. The second-order valence-corrected chi connectivity index (χ2v) is 8.86. The van der Waals surface area contributed by atoms with Gasteiger partial charge in [0, 0.05) is 23.1 Å². The summed E-state index contributed by atoms with van der Waals surface area (Å²) in [6.45, 7) is 6.77. The van der Waals surface area contributed by atoms with Crippen LogP contribution in [-0.4, -0.2) is 34.6 Å². The van der Waals surface area contributed by atoms with Gasteiger partial charge >= 0.3 is 0 Å². The quantitative estimate of drug-likeness (QED) is 0.173. The molecule has 0 radical (unpaired) electrons. The van der Waals surface area contributed by atoms with Crippen molar-refractivity contribution >= 4 is 29.2 Å². The van der Waals surface area contributed by atoms with Gasteiger partial charge in [-0.05, 0) is 60.6 Å². The number of carbonyl (C=O) groups excluding carboxylic acids is 1. The van der Waals surface area contributed by atoms with Crippen LogP contribution in [0.1, 0.15) is 37.6 Å². The Balaban J connectivity index is 1.87. The third kappa shape index (κ3) is 6.07. The number of benzene rings is 2. The number of aliphatic imine (C=N–C) groups is 1. The van der Waals surface area contributed by atoms with Crippen LogP contribution in [0.4, 0.5) is 10.2 Å². The molecule has 0 aliphatic heterocycles. The molecule has 3 aromatic rings. The van der Waals surface area contributed by atoms with E-state index < -0.39 is 5.92 Å². The Morgan fingerprint density at radius 3 is 2.59 bits per heavy atom. The summed E-state index contributed by atoms with van der Waals surface area (Å²) in [6.07, 6.45) is 2.61. The molecule has 32 heavy (non-hydrogen) atoms. The Labute approximate surface area is 192 Å². The van der Waals surface area contributed by atoms with Crippen LogP contribution in [0.15, 0.2) is 64.5 Å². The minimum atomic E-state index is -0.406. The number of nitrogens with one attached hydrogen (secondary N) is 2. The summed E-state index contributed by atoms with van der Waals surface area (Å²) in [6, 6.07) is 15.7. The Kier molecular flexibility index (Phi) is 8.22. The Hall–Kier alpha value is -2.93. The Morgan fingerprint density at radius 2 is 1.94 bits per heavy atom. The minimum absolute atomic E-state index is 0.0349. The molecule has 1 unspecified atom stereocenters. The highest BCUT2D eigenvalue weighted by Crippen LogP contribution is 2.23. The molecule has 0 saturated heterocycles. The monoisotopic (exact) mass is 452 g/mol. The fraction of sp³-hybridized carbons (Fsp3) is 0.320. The number of carbonyl (C=O) groups is 1. The van der Waals surface area contributed by atoms with Gasteiger partial charge in [0.05, 0.1) is 11.6 Å². The Bertz CT molecular complexity index is 1080. The summed E-state index contributed by atoms with van der Waals surface area (Å²) in [4.78, 5) is 19.2. The van der Waals surface area contributed by atoms with E-state index in [4.69, 9.17) is 4.99 Å². The zero-order valence-electron chi connectivity index (χ0n) is 18.9. The third-order valence-corrected chi connectivity index (χ3v) is 5.75. The van der Waals surface area contributed by atoms with Gasteiger partial charge < -0.3 is 5.32 Å². The molecule has 2 N–H and O–H groups in total. The van der Waals surface area contributed by atoms with Gasteiger partial charge in [-0.1, -0.05) is 32.9 Å². The first-order chi connectivity index (χ1) is 15.4. The summed E-state index contributed by atoms with van der Waals surface area (Å²) in [5.74, 6) is 0.871. The summed E-state index contributed by atoms with van der Waals surface area (Å²) < 4.78 is 13.2. The molecule has 0 spiro atoms. The first-order valence-electron chi connectivity index (χ1n) is 10.7. The lowest BCUT2D eigenvalue weighted by atomic mass is 9.93. The number of nitrogens with zero attached hydrogens (tertiary/aromatic N) is 2. The highest BCUT2D eigenvalue weighted by molar-refractivity contribution is 7.98. The van der Waals surface area contributed by atoms with Gasteiger partial charge in [0.2, 0.25) is 0 Å². The van der Waals surface area contributed by atoms with Crippen molar-refractivity contribution < 1.29 is 9.18 Å². The van der Waals surface area contributed by atoms with Crippen molar-refractivity contribution in [3.8, 4) is 11.3 Å². The van der Waals surface area contributed by atoms with Gasteiger partial charge in [-0.2, -0.15) is 5.10 Å². The number of aromatic nitrogens is 2. The highest BCUT2D eigenvalue weighted by Gasteiger charge is 2.25. The van der Waals surface area contributed by atoms with Crippen LogP contribution < -0.4 is 5.32 Å². The number of H-pyrrole nitrogens is 1. The maximum Gasteiger partial charge on any atom is 0.173 e. The van der Waals surface area contributed by atoms with Crippen LogP contribution in [0.2, 0.25) is 0 Å². The van der Waals surface area contributed by atoms with Gasteiger partial charge in [0.15, 0.2) is 11.6 Å². The van der Waals surface area contributed by atoms with Crippen LogP contribution in [-0.2, 0) is 0 Å². The molecular formula is C25H29FN4OS. The number of anilines is 1. The molecule has 1 heterocycles. The molecule has 0 fully saturated rings. The SMILES string of the molecule is CCC(C(=O)c1cccc(SC)c1)C(=NCC(C)C)Nc1cc(-c2ccc(F)cc2)[nH]n1. The van der Waals surface area contributed by atoms with E-state index in [1.54, 1.807) is 23.9 Å². The number of thioether (sulfide) groups is 1. The second-order valence-electron chi connectivity index (χ2n) is 7.98. The lowest BCUT2D eigenvalue weighted by Crippen LogP contribution is -2.30. The fourth-order valence-electron chi connectivity index (χ4n) is 3.29.